The SMILES string of the molecule is COC(C)[C@H](C)NC(=O)c1cc([N+](=O)[O-])cc(Br)c1C. The van der Waals surface area contributed by atoms with E-state index in [0.717, 1.165) is 0 Å². The Balaban J connectivity index is 3.06. The first-order chi connectivity index (χ1) is 9.27. The minimum atomic E-state index is -0.526. The quantitative estimate of drug-likeness (QED) is 0.657. The highest BCUT2D eigenvalue weighted by molar-refractivity contribution is 9.10. The number of hydrogen-bond acceptors (Lipinski definition) is 4. The number of ether oxygens (including phenoxy) is 1. The van der Waals surface area contributed by atoms with Gasteiger partial charge in [0, 0.05) is 23.7 Å². The molecule has 1 aromatic carbocycles. The van der Waals surface area contributed by atoms with Gasteiger partial charge in [-0.3, -0.25) is 14.9 Å². The van der Waals surface area contributed by atoms with Crippen molar-refractivity contribution in [2.75, 3.05) is 7.11 Å². The maximum Gasteiger partial charge on any atom is 0.271 e. The van der Waals surface area contributed by atoms with E-state index < -0.39 is 4.92 Å². The van der Waals surface area contributed by atoms with Crippen LogP contribution in [0, 0.1) is 17.0 Å². The van der Waals surface area contributed by atoms with Crippen LogP contribution < -0.4 is 5.32 Å². The Morgan fingerprint density at radius 1 is 1.45 bits per heavy atom. The van der Waals surface area contributed by atoms with Crippen molar-refractivity contribution in [2.45, 2.75) is 32.9 Å². The van der Waals surface area contributed by atoms with Gasteiger partial charge in [-0.2, -0.15) is 0 Å². The van der Waals surface area contributed by atoms with Gasteiger partial charge in [-0.15, -0.1) is 0 Å². The molecule has 1 N–H and O–H groups in total. The molecule has 1 amide bonds. The molecule has 0 saturated carbocycles. The molecule has 0 bridgehead atoms. The molecule has 7 heteroatoms. The van der Waals surface area contributed by atoms with Crippen molar-refractivity contribution in [3.8, 4) is 0 Å². The first-order valence-electron chi connectivity index (χ1n) is 6.06. The first kappa shape index (κ1) is 16.6. The van der Waals surface area contributed by atoms with Crippen molar-refractivity contribution in [1.82, 2.24) is 5.32 Å². The maximum atomic E-state index is 12.2. The van der Waals surface area contributed by atoms with Crippen LogP contribution in [-0.4, -0.2) is 30.1 Å². The number of benzene rings is 1. The molecule has 110 valence electrons. The van der Waals surface area contributed by atoms with Gasteiger partial charge in [0.25, 0.3) is 11.6 Å². The molecule has 1 unspecified atom stereocenters. The zero-order valence-corrected chi connectivity index (χ0v) is 13.4. The van der Waals surface area contributed by atoms with E-state index >= 15 is 0 Å². The van der Waals surface area contributed by atoms with Crippen molar-refractivity contribution in [2.24, 2.45) is 0 Å². The second kappa shape index (κ2) is 6.81. The molecule has 0 aliphatic heterocycles. The zero-order valence-electron chi connectivity index (χ0n) is 11.8. The summed E-state index contributed by atoms with van der Waals surface area (Å²) in [5, 5.41) is 13.6. The molecule has 6 nitrogen and oxygen atoms in total. The van der Waals surface area contributed by atoms with Crippen molar-refractivity contribution >= 4 is 27.5 Å². The van der Waals surface area contributed by atoms with Crippen molar-refractivity contribution in [3.63, 3.8) is 0 Å². The summed E-state index contributed by atoms with van der Waals surface area (Å²) in [6.45, 7) is 5.38. The molecule has 0 aromatic heterocycles. The Kier molecular flexibility index (Phi) is 5.64. The summed E-state index contributed by atoms with van der Waals surface area (Å²) in [4.78, 5) is 22.5. The number of amides is 1. The minimum absolute atomic E-state index is 0.125. The maximum absolute atomic E-state index is 12.2. The van der Waals surface area contributed by atoms with Gasteiger partial charge in [-0.05, 0) is 26.3 Å². The second-order valence-electron chi connectivity index (χ2n) is 4.56. The van der Waals surface area contributed by atoms with Gasteiger partial charge in [0.1, 0.15) is 0 Å². The molecule has 0 spiro atoms. The number of nitro benzene ring substituents is 1. The third-order valence-corrected chi connectivity index (χ3v) is 4.04. The number of nitrogens with zero attached hydrogens (tertiary/aromatic N) is 1. The van der Waals surface area contributed by atoms with Crippen LogP contribution >= 0.6 is 15.9 Å². The number of carbonyl (C=O) groups is 1. The van der Waals surface area contributed by atoms with Crippen molar-refractivity contribution < 1.29 is 14.5 Å². The van der Waals surface area contributed by atoms with Crippen LogP contribution in [-0.2, 0) is 4.74 Å². The molecular weight excluding hydrogens is 328 g/mol. The smallest absolute Gasteiger partial charge is 0.271 e. The normalized spacial score (nSPS) is 13.7. The van der Waals surface area contributed by atoms with Crippen LogP contribution in [0.3, 0.4) is 0 Å². The van der Waals surface area contributed by atoms with E-state index in [-0.39, 0.29) is 29.3 Å². The number of nitrogens with one attached hydrogen (secondary N) is 1. The summed E-state index contributed by atoms with van der Waals surface area (Å²) in [5.41, 5.74) is 0.812. The van der Waals surface area contributed by atoms with Gasteiger partial charge in [0.2, 0.25) is 0 Å². The highest BCUT2D eigenvalue weighted by Gasteiger charge is 2.20. The topological polar surface area (TPSA) is 81.5 Å². The third kappa shape index (κ3) is 3.77. The summed E-state index contributed by atoms with van der Waals surface area (Å²) in [7, 11) is 1.56. The molecular formula is C13H17BrN2O4. The van der Waals surface area contributed by atoms with Crippen LogP contribution in [0.1, 0.15) is 29.8 Å². The fourth-order valence-electron chi connectivity index (χ4n) is 1.61. The highest BCUT2D eigenvalue weighted by Crippen LogP contribution is 2.26. The van der Waals surface area contributed by atoms with E-state index in [1.54, 1.807) is 14.0 Å². The lowest BCUT2D eigenvalue weighted by atomic mass is 10.1. The Morgan fingerprint density at radius 3 is 2.55 bits per heavy atom. The highest BCUT2D eigenvalue weighted by atomic mass is 79.9. The first-order valence-corrected chi connectivity index (χ1v) is 6.85. The molecule has 0 aliphatic rings. The largest absolute Gasteiger partial charge is 0.380 e. The van der Waals surface area contributed by atoms with Crippen LogP contribution in [0.2, 0.25) is 0 Å². The fraction of sp³-hybridized carbons (Fsp3) is 0.462. The molecule has 0 saturated heterocycles. The number of carbonyl (C=O) groups excluding carboxylic acids is 1. The minimum Gasteiger partial charge on any atom is -0.380 e. The Hall–Kier alpha value is -1.47. The zero-order chi connectivity index (χ0) is 15.4. The molecule has 20 heavy (non-hydrogen) atoms. The van der Waals surface area contributed by atoms with E-state index in [2.05, 4.69) is 21.2 Å². The third-order valence-electron chi connectivity index (χ3n) is 3.22. The Morgan fingerprint density at radius 2 is 2.05 bits per heavy atom. The van der Waals surface area contributed by atoms with E-state index in [4.69, 9.17) is 4.74 Å². The molecule has 2 atom stereocenters. The lowest BCUT2D eigenvalue weighted by Gasteiger charge is -2.20. The van der Waals surface area contributed by atoms with Crippen molar-refractivity contribution in [3.05, 3.63) is 37.8 Å². The Labute approximate surface area is 125 Å². The number of methoxy groups -OCH3 is 1. The lowest BCUT2D eigenvalue weighted by Crippen LogP contribution is -2.40. The predicted molar refractivity (Wildman–Crippen MR) is 78.9 cm³/mol. The molecule has 0 aliphatic carbocycles. The van der Waals surface area contributed by atoms with E-state index in [9.17, 15) is 14.9 Å². The lowest BCUT2D eigenvalue weighted by molar-refractivity contribution is -0.385. The average molecular weight is 345 g/mol. The van der Waals surface area contributed by atoms with E-state index in [1.165, 1.54) is 12.1 Å². The fourth-order valence-corrected chi connectivity index (χ4v) is 2.06. The average Bonchev–Trinajstić information content (AvgIpc) is 2.39. The standard InChI is InChI=1S/C13H17BrN2O4/c1-7-11(5-10(16(18)19)6-12(7)14)13(17)15-8(2)9(3)20-4/h5-6,8-9H,1-4H3,(H,15,17)/t8-,9?/m0/s1. The molecule has 0 radical (unpaired) electrons. The van der Waals surface area contributed by atoms with E-state index in [1.807, 2.05) is 13.8 Å². The summed E-state index contributed by atoms with van der Waals surface area (Å²) in [6.07, 6.45) is -0.151. The molecule has 1 aromatic rings. The summed E-state index contributed by atoms with van der Waals surface area (Å²) in [5.74, 6) is -0.358. The summed E-state index contributed by atoms with van der Waals surface area (Å²) < 4.78 is 5.66. The van der Waals surface area contributed by atoms with Crippen LogP contribution in [0.4, 0.5) is 5.69 Å². The second-order valence-corrected chi connectivity index (χ2v) is 5.41. The number of non-ortho nitro benzene ring substituents is 1. The summed E-state index contributed by atoms with van der Waals surface area (Å²) >= 11 is 3.23. The van der Waals surface area contributed by atoms with Crippen LogP contribution in [0.15, 0.2) is 16.6 Å². The summed E-state index contributed by atoms with van der Waals surface area (Å²) in [6, 6.07) is 2.46. The van der Waals surface area contributed by atoms with E-state index in [0.29, 0.717) is 10.0 Å². The van der Waals surface area contributed by atoms with Gasteiger partial charge in [-0.25, -0.2) is 0 Å². The Bertz CT molecular complexity index is 533. The number of hydrogen-bond donors (Lipinski definition) is 1. The predicted octanol–water partition coefficient (Wildman–Crippen LogP) is 2.82. The molecule has 0 fully saturated rings. The van der Waals surface area contributed by atoms with Crippen LogP contribution in [0.25, 0.3) is 0 Å². The van der Waals surface area contributed by atoms with Gasteiger partial charge in [0.15, 0.2) is 0 Å². The number of halogens is 1. The monoisotopic (exact) mass is 344 g/mol. The molecule has 1 rings (SSSR count). The van der Waals surface area contributed by atoms with Gasteiger partial charge in [0.05, 0.1) is 22.6 Å². The number of nitro groups is 1. The van der Waals surface area contributed by atoms with Crippen LogP contribution in [0.5, 0.6) is 0 Å². The van der Waals surface area contributed by atoms with Crippen molar-refractivity contribution in [1.29, 1.82) is 0 Å². The molecule has 0 heterocycles. The van der Waals surface area contributed by atoms with Gasteiger partial charge in [-0.1, -0.05) is 15.9 Å². The van der Waals surface area contributed by atoms with Gasteiger partial charge < -0.3 is 10.1 Å². The van der Waals surface area contributed by atoms with Gasteiger partial charge >= 0.3 is 0 Å². The number of rotatable bonds is 5.